The van der Waals surface area contributed by atoms with Crippen LogP contribution < -0.4 is 10.6 Å². The van der Waals surface area contributed by atoms with Gasteiger partial charge in [0.25, 0.3) is 0 Å². The average Bonchev–Trinajstić information content (AvgIpc) is 2.31. The largest absolute Gasteiger partial charge is 0.365 e. The molecule has 0 saturated carbocycles. The highest BCUT2D eigenvalue weighted by atomic mass is 32.2. The number of pyridine rings is 1. The smallest absolute Gasteiger partial charge is 0.179 e. The molecular formula is C12H19N3O2S. The first-order chi connectivity index (χ1) is 8.48. The highest BCUT2D eigenvalue weighted by molar-refractivity contribution is 7.90. The average molecular weight is 269 g/mol. The molecule has 100 valence electrons. The molecule has 1 aliphatic rings. The van der Waals surface area contributed by atoms with E-state index in [1.54, 1.807) is 18.3 Å². The van der Waals surface area contributed by atoms with Gasteiger partial charge in [0, 0.05) is 24.5 Å². The van der Waals surface area contributed by atoms with Crippen molar-refractivity contribution in [1.82, 2.24) is 10.3 Å². The maximum Gasteiger partial charge on any atom is 0.179 e. The predicted molar refractivity (Wildman–Crippen MR) is 71.5 cm³/mol. The van der Waals surface area contributed by atoms with E-state index in [0.29, 0.717) is 11.9 Å². The van der Waals surface area contributed by atoms with E-state index in [9.17, 15) is 8.42 Å². The number of piperidine rings is 1. The predicted octanol–water partition coefficient (Wildman–Crippen LogP) is 1.04. The van der Waals surface area contributed by atoms with Gasteiger partial charge in [-0.3, -0.25) is 0 Å². The van der Waals surface area contributed by atoms with Crippen LogP contribution in [0.1, 0.15) is 19.8 Å². The van der Waals surface area contributed by atoms with Crippen LogP contribution in [0.4, 0.5) is 5.82 Å². The van der Waals surface area contributed by atoms with Crippen LogP contribution in [-0.2, 0) is 9.84 Å². The molecule has 2 N–H and O–H groups in total. The topological polar surface area (TPSA) is 71.1 Å². The fraction of sp³-hybridized carbons (Fsp3) is 0.583. The summed E-state index contributed by atoms with van der Waals surface area (Å²) in [5.74, 6) is 0.459. The van der Waals surface area contributed by atoms with Crippen molar-refractivity contribution in [3.05, 3.63) is 18.3 Å². The van der Waals surface area contributed by atoms with E-state index >= 15 is 0 Å². The number of sulfone groups is 1. The zero-order chi connectivity index (χ0) is 13.2. The molecule has 1 saturated heterocycles. The molecule has 1 aliphatic heterocycles. The fourth-order valence-corrected chi connectivity index (χ4v) is 3.00. The van der Waals surface area contributed by atoms with E-state index in [1.807, 2.05) is 0 Å². The molecule has 0 radical (unpaired) electrons. The van der Waals surface area contributed by atoms with Gasteiger partial charge >= 0.3 is 0 Å². The Kier molecular flexibility index (Phi) is 3.87. The SMILES string of the molecule is CC1NCCCC1Nc1ncccc1S(C)(=O)=O. The van der Waals surface area contributed by atoms with Crippen LogP contribution in [0.3, 0.4) is 0 Å². The van der Waals surface area contributed by atoms with E-state index in [0.717, 1.165) is 19.4 Å². The minimum atomic E-state index is -3.25. The van der Waals surface area contributed by atoms with Gasteiger partial charge in [-0.15, -0.1) is 0 Å². The molecule has 1 aromatic heterocycles. The summed E-state index contributed by atoms with van der Waals surface area (Å²) in [5, 5.41) is 6.62. The van der Waals surface area contributed by atoms with Crippen LogP contribution in [0.2, 0.25) is 0 Å². The fourth-order valence-electron chi connectivity index (χ4n) is 2.21. The van der Waals surface area contributed by atoms with Gasteiger partial charge in [0.15, 0.2) is 9.84 Å². The third-order valence-electron chi connectivity index (χ3n) is 3.25. The molecule has 18 heavy (non-hydrogen) atoms. The van der Waals surface area contributed by atoms with Gasteiger partial charge in [0.1, 0.15) is 10.7 Å². The summed E-state index contributed by atoms with van der Waals surface area (Å²) in [6, 6.07) is 3.76. The lowest BCUT2D eigenvalue weighted by atomic mass is 10.00. The Morgan fingerprint density at radius 1 is 1.50 bits per heavy atom. The molecule has 0 spiro atoms. The highest BCUT2D eigenvalue weighted by Crippen LogP contribution is 2.21. The third kappa shape index (κ3) is 3.00. The minimum Gasteiger partial charge on any atom is -0.365 e. The molecule has 1 aromatic rings. The van der Waals surface area contributed by atoms with E-state index in [1.165, 1.54) is 6.26 Å². The first kappa shape index (κ1) is 13.3. The Morgan fingerprint density at radius 3 is 2.94 bits per heavy atom. The molecule has 5 nitrogen and oxygen atoms in total. The van der Waals surface area contributed by atoms with Crippen molar-refractivity contribution in [3.8, 4) is 0 Å². The number of rotatable bonds is 3. The van der Waals surface area contributed by atoms with E-state index < -0.39 is 9.84 Å². The zero-order valence-corrected chi connectivity index (χ0v) is 11.5. The lowest BCUT2D eigenvalue weighted by Crippen LogP contribution is -2.46. The standard InChI is InChI=1S/C12H19N3O2S/c1-9-10(5-3-7-13-9)15-12-11(18(2,16)17)6-4-8-14-12/h4,6,8-10,13H,3,5,7H2,1-2H3,(H,14,15). The summed E-state index contributed by atoms with van der Waals surface area (Å²) in [6.07, 6.45) is 4.92. The lowest BCUT2D eigenvalue weighted by Gasteiger charge is -2.31. The maximum atomic E-state index is 11.7. The quantitative estimate of drug-likeness (QED) is 0.858. The molecule has 0 bridgehead atoms. The van der Waals surface area contributed by atoms with Gasteiger partial charge in [0.2, 0.25) is 0 Å². The summed E-state index contributed by atoms with van der Waals surface area (Å²) in [7, 11) is -3.25. The second kappa shape index (κ2) is 5.24. The van der Waals surface area contributed by atoms with Crippen molar-refractivity contribution in [2.75, 3.05) is 18.1 Å². The Balaban J connectivity index is 2.24. The van der Waals surface area contributed by atoms with E-state index in [-0.39, 0.29) is 10.9 Å². The molecular weight excluding hydrogens is 250 g/mol. The van der Waals surface area contributed by atoms with Crippen LogP contribution in [0.25, 0.3) is 0 Å². The van der Waals surface area contributed by atoms with Crippen LogP contribution in [0.5, 0.6) is 0 Å². The molecule has 6 heteroatoms. The minimum absolute atomic E-state index is 0.217. The van der Waals surface area contributed by atoms with Crippen LogP contribution in [0, 0.1) is 0 Å². The Hall–Kier alpha value is -1.14. The van der Waals surface area contributed by atoms with Crippen molar-refractivity contribution in [2.24, 2.45) is 0 Å². The van der Waals surface area contributed by atoms with Crippen molar-refractivity contribution < 1.29 is 8.42 Å². The summed E-state index contributed by atoms with van der Waals surface area (Å²) in [4.78, 5) is 4.42. The lowest BCUT2D eigenvalue weighted by molar-refractivity contribution is 0.388. The Morgan fingerprint density at radius 2 is 2.28 bits per heavy atom. The molecule has 2 heterocycles. The number of hydrogen-bond donors (Lipinski definition) is 2. The van der Waals surface area contributed by atoms with Gasteiger partial charge in [-0.1, -0.05) is 0 Å². The van der Waals surface area contributed by atoms with Crippen molar-refractivity contribution in [1.29, 1.82) is 0 Å². The molecule has 0 aromatic carbocycles. The summed E-state index contributed by atoms with van der Waals surface area (Å²) < 4.78 is 23.4. The van der Waals surface area contributed by atoms with Crippen LogP contribution in [0.15, 0.2) is 23.2 Å². The van der Waals surface area contributed by atoms with Gasteiger partial charge < -0.3 is 10.6 Å². The normalized spacial score (nSPS) is 24.8. The first-order valence-electron chi connectivity index (χ1n) is 6.13. The Bertz CT molecular complexity index is 516. The molecule has 2 atom stereocenters. The summed E-state index contributed by atoms with van der Waals surface area (Å²) >= 11 is 0. The number of nitrogens with zero attached hydrogens (tertiary/aromatic N) is 1. The first-order valence-corrected chi connectivity index (χ1v) is 8.02. The zero-order valence-electron chi connectivity index (χ0n) is 10.7. The van der Waals surface area contributed by atoms with E-state index in [2.05, 4.69) is 22.5 Å². The molecule has 2 rings (SSSR count). The monoisotopic (exact) mass is 269 g/mol. The highest BCUT2D eigenvalue weighted by Gasteiger charge is 2.23. The number of nitrogens with one attached hydrogen (secondary N) is 2. The second-order valence-corrected chi connectivity index (χ2v) is 6.74. The van der Waals surface area contributed by atoms with Crippen LogP contribution in [-0.4, -0.2) is 38.3 Å². The Labute approximate surface area is 108 Å². The second-order valence-electron chi connectivity index (χ2n) is 4.76. The van der Waals surface area contributed by atoms with E-state index in [4.69, 9.17) is 0 Å². The number of aromatic nitrogens is 1. The van der Waals surface area contributed by atoms with Gasteiger partial charge in [-0.05, 0) is 38.4 Å². The number of anilines is 1. The van der Waals surface area contributed by atoms with Crippen molar-refractivity contribution in [3.63, 3.8) is 0 Å². The third-order valence-corrected chi connectivity index (χ3v) is 4.38. The van der Waals surface area contributed by atoms with Gasteiger partial charge in [-0.25, -0.2) is 13.4 Å². The van der Waals surface area contributed by atoms with Crippen molar-refractivity contribution in [2.45, 2.75) is 36.7 Å². The maximum absolute atomic E-state index is 11.7. The molecule has 0 amide bonds. The molecule has 0 aliphatic carbocycles. The summed E-state index contributed by atoms with van der Waals surface area (Å²) in [6.45, 7) is 3.11. The van der Waals surface area contributed by atoms with Crippen molar-refractivity contribution >= 4 is 15.7 Å². The van der Waals surface area contributed by atoms with Gasteiger partial charge in [0.05, 0.1) is 0 Å². The van der Waals surface area contributed by atoms with Crippen LogP contribution >= 0.6 is 0 Å². The number of hydrogen-bond acceptors (Lipinski definition) is 5. The molecule has 2 unspecified atom stereocenters. The summed E-state index contributed by atoms with van der Waals surface area (Å²) in [5.41, 5.74) is 0. The van der Waals surface area contributed by atoms with Gasteiger partial charge in [-0.2, -0.15) is 0 Å². The molecule has 1 fully saturated rings.